The summed E-state index contributed by atoms with van der Waals surface area (Å²) < 4.78 is 28.2. The topological polar surface area (TPSA) is 73.3 Å². The molecule has 5 nitrogen and oxygen atoms in total. The van der Waals surface area contributed by atoms with Crippen molar-refractivity contribution in [1.82, 2.24) is 4.98 Å². The van der Waals surface area contributed by atoms with Gasteiger partial charge in [-0.2, -0.15) is 0 Å². The highest BCUT2D eigenvalue weighted by atomic mass is 35.7. The standard InChI is InChI=1S/C13H7Cl2NO4S2/c1-20-13(17)7-4-2-3-6-8-5-9(22(15,18)19)21-11(8)12(14)16-10(6)7/h2-5H,1H3. The summed E-state index contributed by atoms with van der Waals surface area (Å²) >= 11 is 7.06. The first-order valence-corrected chi connectivity index (χ1v) is 9.38. The first-order valence-electron chi connectivity index (χ1n) is 5.87. The van der Waals surface area contributed by atoms with E-state index in [9.17, 15) is 13.2 Å². The second-order valence-electron chi connectivity index (χ2n) is 4.34. The molecule has 2 aromatic heterocycles. The van der Waals surface area contributed by atoms with E-state index in [1.54, 1.807) is 18.2 Å². The predicted molar refractivity (Wildman–Crippen MR) is 86.5 cm³/mol. The van der Waals surface area contributed by atoms with Crippen LogP contribution in [0.4, 0.5) is 0 Å². The normalized spacial score (nSPS) is 12.0. The minimum atomic E-state index is -3.87. The molecule has 0 spiro atoms. The third kappa shape index (κ3) is 2.44. The number of aromatic nitrogens is 1. The Labute approximate surface area is 138 Å². The van der Waals surface area contributed by atoms with Crippen LogP contribution in [0.1, 0.15) is 10.4 Å². The minimum Gasteiger partial charge on any atom is -0.465 e. The van der Waals surface area contributed by atoms with Crippen LogP contribution in [0, 0.1) is 0 Å². The zero-order valence-corrected chi connectivity index (χ0v) is 14.1. The van der Waals surface area contributed by atoms with E-state index in [4.69, 9.17) is 27.0 Å². The van der Waals surface area contributed by atoms with E-state index in [0.29, 0.717) is 21.0 Å². The van der Waals surface area contributed by atoms with E-state index in [1.165, 1.54) is 13.2 Å². The lowest BCUT2D eigenvalue weighted by Gasteiger charge is -2.05. The van der Waals surface area contributed by atoms with Gasteiger partial charge < -0.3 is 4.74 Å². The van der Waals surface area contributed by atoms with E-state index in [0.717, 1.165) is 11.3 Å². The van der Waals surface area contributed by atoms with Gasteiger partial charge in [-0.1, -0.05) is 23.7 Å². The monoisotopic (exact) mass is 375 g/mol. The van der Waals surface area contributed by atoms with Gasteiger partial charge in [-0.25, -0.2) is 18.2 Å². The fourth-order valence-electron chi connectivity index (χ4n) is 2.15. The Bertz CT molecular complexity index is 1030. The smallest absolute Gasteiger partial charge is 0.340 e. The summed E-state index contributed by atoms with van der Waals surface area (Å²) in [5.41, 5.74) is 0.605. The number of methoxy groups -OCH3 is 1. The Hall–Kier alpha value is -1.41. The molecule has 22 heavy (non-hydrogen) atoms. The number of hydrogen-bond acceptors (Lipinski definition) is 6. The number of benzene rings is 1. The SMILES string of the molecule is COC(=O)c1cccc2c1nc(Cl)c1sc(S(=O)(=O)Cl)cc12. The summed E-state index contributed by atoms with van der Waals surface area (Å²) in [6.45, 7) is 0. The fraction of sp³-hybridized carbons (Fsp3) is 0.0769. The molecule has 0 aliphatic carbocycles. The average Bonchev–Trinajstić information content (AvgIpc) is 2.92. The lowest BCUT2D eigenvalue weighted by Crippen LogP contribution is -2.03. The van der Waals surface area contributed by atoms with Crippen LogP contribution in [0.2, 0.25) is 5.15 Å². The minimum absolute atomic E-state index is 0.0242. The van der Waals surface area contributed by atoms with Crippen LogP contribution >= 0.6 is 33.6 Å². The van der Waals surface area contributed by atoms with Gasteiger partial charge in [-0.15, -0.1) is 11.3 Å². The van der Waals surface area contributed by atoms with Gasteiger partial charge in [0, 0.05) is 21.5 Å². The molecule has 0 radical (unpaired) electrons. The number of carbonyl (C=O) groups is 1. The van der Waals surface area contributed by atoms with Crippen molar-refractivity contribution < 1.29 is 17.9 Å². The summed E-state index contributed by atoms with van der Waals surface area (Å²) in [5, 5.41) is 1.28. The molecule has 0 aliphatic heterocycles. The van der Waals surface area contributed by atoms with E-state index in [2.05, 4.69) is 4.98 Å². The number of para-hydroxylation sites is 1. The molecule has 2 heterocycles. The Morgan fingerprint density at radius 1 is 1.32 bits per heavy atom. The number of rotatable bonds is 2. The number of thiophene rings is 1. The van der Waals surface area contributed by atoms with E-state index in [1.807, 2.05) is 0 Å². The van der Waals surface area contributed by atoms with Crippen molar-refractivity contribution in [1.29, 1.82) is 0 Å². The second kappa shape index (κ2) is 5.34. The van der Waals surface area contributed by atoms with Gasteiger partial charge in [0.15, 0.2) is 0 Å². The average molecular weight is 376 g/mol. The molecule has 0 saturated carbocycles. The Morgan fingerprint density at radius 3 is 2.68 bits per heavy atom. The van der Waals surface area contributed by atoms with Crippen molar-refractivity contribution in [3.8, 4) is 0 Å². The van der Waals surface area contributed by atoms with Crippen LogP contribution in [0.5, 0.6) is 0 Å². The summed E-state index contributed by atoms with van der Waals surface area (Å²) in [5.74, 6) is -0.547. The van der Waals surface area contributed by atoms with E-state index in [-0.39, 0.29) is 14.9 Å². The van der Waals surface area contributed by atoms with Gasteiger partial charge in [-0.05, 0) is 12.1 Å². The Kier molecular flexibility index (Phi) is 3.76. The van der Waals surface area contributed by atoms with Crippen molar-refractivity contribution >= 4 is 69.6 Å². The Balaban J connectivity index is 2.46. The number of esters is 1. The summed E-state index contributed by atoms with van der Waals surface area (Å²) in [7, 11) is 2.78. The molecule has 0 unspecified atom stereocenters. The second-order valence-corrected chi connectivity index (χ2v) is 8.55. The fourth-order valence-corrected chi connectivity index (χ4v) is 4.56. The maximum Gasteiger partial charge on any atom is 0.340 e. The number of ether oxygens (including phenoxy) is 1. The lowest BCUT2D eigenvalue weighted by atomic mass is 10.1. The van der Waals surface area contributed by atoms with Crippen molar-refractivity contribution in [2.75, 3.05) is 7.11 Å². The molecule has 114 valence electrons. The first kappa shape index (κ1) is 15.5. The molecule has 9 heteroatoms. The maximum atomic E-state index is 11.8. The molecule has 0 atom stereocenters. The van der Waals surface area contributed by atoms with Crippen molar-refractivity contribution in [2.24, 2.45) is 0 Å². The third-order valence-electron chi connectivity index (χ3n) is 3.08. The molecule has 3 rings (SSSR count). The lowest BCUT2D eigenvalue weighted by molar-refractivity contribution is 0.0603. The number of hydrogen-bond donors (Lipinski definition) is 0. The quantitative estimate of drug-likeness (QED) is 0.386. The number of halogens is 2. The number of nitrogens with zero attached hydrogens (tertiary/aromatic N) is 1. The highest BCUT2D eigenvalue weighted by Crippen LogP contribution is 2.39. The molecule has 0 N–H and O–H groups in total. The van der Waals surface area contributed by atoms with Crippen molar-refractivity contribution in [2.45, 2.75) is 4.21 Å². The van der Waals surface area contributed by atoms with Gasteiger partial charge in [-0.3, -0.25) is 0 Å². The van der Waals surface area contributed by atoms with Crippen LogP contribution in [-0.4, -0.2) is 26.5 Å². The third-order valence-corrected chi connectivity index (χ3v) is 6.68. The Morgan fingerprint density at radius 2 is 2.05 bits per heavy atom. The summed E-state index contributed by atoms with van der Waals surface area (Å²) in [6, 6.07) is 6.38. The summed E-state index contributed by atoms with van der Waals surface area (Å²) in [4.78, 5) is 16.0. The van der Waals surface area contributed by atoms with Crippen LogP contribution in [0.3, 0.4) is 0 Å². The predicted octanol–water partition coefficient (Wildman–Crippen LogP) is 3.82. The molecular weight excluding hydrogens is 369 g/mol. The van der Waals surface area contributed by atoms with Crippen LogP contribution < -0.4 is 0 Å². The van der Waals surface area contributed by atoms with Gasteiger partial charge in [0.2, 0.25) is 0 Å². The largest absolute Gasteiger partial charge is 0.465 e. The zero-order valence-electron chi connectivity index (χ0n) is 11.0. The van der Waals surface area contributed by atoms with Gasteiger partial charge in [0.1, 0.15) is 9.36 Å². The number of pyridine rings is 1. The van der Waals surface area contributed by atoms with Crippen LogP contribution in [0.15, 0.2) is 28.5 Å². The van der Waals surface area contributed by atoms with Crippen LogP contribution in [0.25, 0.3) is 21.0 Å². The van der Waals surface area contributed by atoms with E-state index >= 15 is 0 Å². The molecular formula is C13H7Cl2NO4S2. The van der Waals surface area contributed by atoms with Gasteiger partial charge in [0.25, 0.3) is 9.05 Å². The maximum absolute atomic E-state index is 11.8. The highest BCUT2D eigenvalue weighted by molar-refractivity contribution is 8.15. The van der Waals surface area contributed by atoms with Gasteiger partial charge >= 0.3 is 5.97 Å². The molecule has 0 bridgehead atoms. The number of fused-ring (bicyclic) bond motifs is 3. The van der Waals surface area contributed by atoms with Crippen molar-refractivity contribution in [3.05, 3.63) is 35.0 Å². The highest BCUT2D eigenvalue weighted by Gasteiger charge is 2.20. The first-order chi connectivity index (χ1) is 10.3. The molecule has 0 aliphatic rings. The van der Waals surface area contributed by atoms with E-state index < -0.39 is 15.0 Å². The zero-order chi connectivity index (χ0) is 16.1. The molecule has 3 aromatic rings. The molecule has 0 saturated heterocycles. The van der Waals surface area contributed by atoms with Gasteiger partial charge in [0.05, 0.1) is 22.9 Å². The molecule has 1 aromatic carbocycles. The molecule has 0 fully saturated rings. The molecule has 0 amide bonds. The summed E-state index contributed by atoms with van der Waals surface area (Å²) in [6.07, 6.45) is 0. The van der Waals surface area contributed by atoms with Crippen molar-refractivity contribution in [3.63, 3.8) is 0 Å². The number of carbonyl (C=O) groups excluding carboxylic acids is 1. The van der Waals surface area contributed by atoms with Crippen LogP contribution in [-0.2, 0) is 13.8 Å².